The van der Waals surface area contributed by atoms with Crippen molar-refractivity contribution in [3.8, 4) is 0 Å². The molecular formula is C5H8CoN2-2. The van der Waals surface area contributed by atoms with E-state index in [4.69, 9.17) is 12.3 Å². The smallest absolute Gasteiger partial charge is 0.693 e. The van der Waals surface area contributed by atoms with Gasteiger partial charge in [-0.3, -0.25) is 0 Å². The fourth-order valence-corrected chi connectivity index (χ4v) is 0.320. The average Bonchev–Trinajstić information content (AvgIpc) is 1.68. The Bertz CT molecular complexity index is 107. The van der Waals surface area contributed by atoms with E-state index in [9.17, 15) is 0 Å². The predicted octanol–water partition coefficient (Wildman–Crippen LogP) is 0.884. The van der Waals surface area contributed by atoms with Gasteiger partial charge in [0.05, 0.1) is 0 Å². The molecule has 0 rings (SSSR count). The third kappa shape index (κ3) is 5.62. The Labute approximate surface area is 57.2 Å². The molecule has 0 radical (unpaired) electrons. The fourth-order valence-electron chi connectivity index (χ4n) is 0.120. The molecule has 3 heteroatoms. The van der Waals surface area contributed by atoms with Crippen molar-refractivity contribution in [2.45, 2.75) is 0 Å². The van der Waals surface area contributed by atoms with Crippen molar-refractivity contribution in [1.29, 1.82) is 0 Å². The third-order valence-corrected chi connectivity index (χ3v) is 0.614. The molecule has 0 saturated carbocycles. The van der Waals surface area contributed by atoms with E-state index in [2.05, 4.69) is 15.3 Å². The van der Waals surface area contributed by atoms with Gasteiger partial charge < -0.3 is 6.15 Å². The van der Waals surface area contributed by atoms with E-state index in [1.807, 2.05) is 0 Å². The molecule has 0 aliphatic heterocycles. The second-order valence-electron chi connectivity index (χ2n) is 0.944. The van der Waals surface area contributed by atoms with Crippen LogP contribution >= 0.6 is 0 Å². The van der Waals surface area contributed by atoms with Crippen LogP contribution in [-0.4, -0.2) is 4.96 Å². The Morgan fingerprint density at radius 1 is 1.62 bits per heavy atom. The van der Waals surface area contributed by atoms with Crippen molar-refractivity contribution in [3.05, 3.63) is 30.6 Å². The van der Waals surface area contributed by atoms with Crippen molar-refractivity contribution in [3.63, 3.8) is 0 Å². The van der Waals surface area contributed by atoms with Crippen LogP contribution in [0.5, 0.6) is 0 Å². The molecule has 0 unspecified atom stereocenters. The number of nitrogens with two attached hydrogens (primary N) is 2. The van der Waals surface area contributed by atoms with Crippen LogP contribution in [0.25, 0.3) is 6.15 Å². The van der Waals surface area contributed by atoms with Gasteiger partial charge >= 0.3 is 50.4 Å². The van der Waals surface area contributed by atoms with E-state index < -0.39 is 0 Å². The van der Waals surface area contributed by atoms with Crippen LogP contribution in [0.1, 0.15) is 0 Å². The molecule has 0 aromatic carbocycles. The standard InChI is InChI=1S/C5H6N.Co.H2N/c1-3-5(6)4-2;;/h1-4H,6H2;;1H2/q-1;;-1/b5-3+;;. The van der Waals surface area contributed by atoms with Gasteiger partial charge in [-0.2, -0.15) is 0 Å². The Morgan fingerprint density at radius 2 is 2.12 bits per heavy atom. The summed E-state index contributed by atoms with van der Waals surface area (Å²) in [6.07, 6.45) is 2.91. The molecule has 0 amide bonds. The second kappa shape index (κ2) is 6.62. The van der Waals surface area contributed by atoms with Gasteiger partial charge in [-0.25, -0.2) is 0 Å². The summed E-state index contributed by atoms with van der Waals surface area (Å²) in [5, 5.41) is 0. The predicted molar refractivity (Wildman–Crippen MR) is 32.5 cm³/mol. The van der Waals surface area contributed by atoms with Gasteiger partial charge in [0.15, 0.2) is 0 Å². The number of rotatable bonds is 2. The summed E-state index contributed by atoms with van der Waals surface area (Å²) < 4.78 is 0. The molecule has 0 aliphatic rings. The summed E-state index contributed by atoms with van der Waals surface area (Å²) in [6, 6.07) is 0. The first-order chi connectivity index (χ1) is 3.31. The van der Waals surface area contributed by atoms with Crippen molar-refractivity contribution < 1.29 is 15.3 Å². The van der Waals surface area contributed by atoms with Gasteiger partial charge in [0.2, 0.25) is 0 Å². The first-order valence-corrected chi connectivity index (χ1v) is 2.33. The van der Waals surface area contributed by atoms with Crippen LogP contribution < -0.4 is 5.73 Å². The first-order valence-electron chi connectivity index (χ1n) is 1.73. The molecule has 0 spiro atoms. The minimum absolute atomic E-state index is 0. The Kier molecular flexibility index (Phi) is 8.74. The number of hydrogen-bond donors (Lipinski definition) is 1. The Morgan fingerprint density at radius 3 is 2.25 bits per heavy atom. The van der Waals surface area contributed by atoms with Gasteiger partial charge in [0.25, 0.3) is 0 Å². The summed E-state index contributed by atoms with van der Waals surface area (Å²) >= 11 is 3.80. The monoisotopic (exact) mass is 155 g/mol. The Hall–Kier alpha value is -0.384. The maximum Gasteiger partial charge on any atom is -0.693 e. The molecule has 0 bridgehead atoms. The average molecular weight is 155 g/mol. The molecular weight excluding hydrogens is 147 g/mol. The van der Waals surface area contributed by atoms with Crippen molar-refractivity contribution in [2.24, 2.45) is 5.73 Å². The van der Waals surface area contributed by atoms with Crippen LogP contribution in [0.3, 0.4) is 0 Å². The minimum atomic E-state index is 0. The van der Waals surface area contributed by atoms with Crippen molar-refractivity contribution in [2.75, 3.05) is 0 Å². The van der Waals surface area contributed by atoms with Crippen LogP contribution in [-0.2, 0) is 15.3 Å². The molecule has 0 saturated heterocycles. The van der Waals surface area contributed by atoms with Crippen LogP contribution in [0.2, 0.25) is 0 Å². The summed E-state index contributed by atoms with van der Waals surface area (Å²) in [5.74, 6) is 0. The van der Waals surface area contributed by atoms with E-state index in [0.29, 0.717) is 5.70 Å². The SMILES string of the molecule is [CH-]=C/C(N)=C\[CH]=[Co].[NH2-]. The zero-order valence-corrected chi connectivity index (χ0v) is 5.34. The van der Waals surface area contributed by atoms with E-state index in [1.165, 1.54) is 11.0 Å². The number of hydrogen-bond acceptors (Lipinski definition) is 1. The molecule has 0 atom stereocenters. The minimum Gasteiger partial charge on any atom is -0.693 e. The molecule has 0 aromatic heterocycles. The molecule has 0 heterocycles. The van der Waals surface area contributed by atoms with Gasteiger partial charge in [-0.1, -0.05) is 0 Å². The van der Waals surface area contributed by atoms with Crippen molar-refractivity contribution in [1.82, 2.24) is 0 Å². The third-order valence-electron chi connectivity index (χ3n) is 0.440. The maximum absolute atomic E-state index is 5.18. The van der Waals surface area contributed by atoms with E-state index in [-0.39, 0.29) is 6.15 Å². The van der Waals surface area contributed by atoms with Gasteiger partial charge in [-0.05, 0) is 0 Å². The first kappa shape index (κ1) is 10.6. The largest absolute Gasteiger partial charge is 0.693 e. The molecule has 4 N–H and O–H groups in total. The second-order valence-corrected chi connectivity index (χ2v) is 1.29. The van der Waals surface area contributed by atoms with Gasteiger partial charge in [0, 0.05) is 0 Å². The summed E-state index contributed by atoms with van der Waals surface area (Å²) in [5.41, 5.74) is 5.70. The Balaban J connectivity index is 0. The van der Waals surface area contributed by atoms with Gasteiger partial charge in [-0.15, -0.1) is 0 Å². The molecule has 0 aromatic rings. The zero-order chi connectivity index (χ0) is 5.70. The van der Waals surface area contributed by atoms with Crippen LogP contribution in [0.4, 0.5) is 0 Å². The zero-order valence-electron chi connectivity index (χ0n) is 4.30. The summed E-state index contributed by atoms with van der Waals surface area (Å²) in [7, 11) is 0. The number of allylic oxidation sites excluding steroid dienone is 2. The van der Waals surface area contributed by atoms with Gasteiger partial charge in [0.1, 0.15) is 0 Å². The topological polar surface area (TPSA) is 59.5 Å². The quantitative estimate of drug-likeness (QED) is 0.467. The van der Waals surface area contributed by atoms with E-state index >= 15 is 0 Å². The summed E-state index contributed by atoms with van der Waals surface area (Å²) in [4.78, 5) is 1.52. The normalized spacial score (nSPS) is 9.38. The van der Waals surface area contributed by atoms with Crippen LogP contribution in [0, 0.1) is 6.58 Å². The fraction of sp³-hybridized carbons (Fsp3) is 0. The molecule has 0 fully saturated rings. The molecule has 2 nitrogen and oxygen atoms in total. The van der Waals surface area contributed by atoms with E-state index in [1.54, 1.807) is 6.08 Å². The van der Waals surface area contributed by atoms with E-state index in [0.717, 1.165) is 0 Å². The maximum atomic E-state index is 5.18. The molecule has 8 heavy (non-hydrogen) atoms. The molecule has 0 aliphatic carbocycles. The molecule has 49 valence electrons. The van der Waals surface area contributed by atoms with Crippen molar-refractivity contribution >= 4 is 4.96 Å². The van der Waals surface area contributed by atoms with Crippen LogP contribution in [0.15, 0.2) is 17.8 Å². The summed E-state index contributed by atoms with van der Waals surface area (Å²) in [6.45, 7) is 4.99.